The number of nitrogens with zero attached hydrogens (tertiary/aromatic N) is 1. The molecule has 0 aliphatic rings. The number of anilines is 1. The summed E-state index contributed by atoms with van der Waals surface area (Å²) < 4.78 is 16.2. The van der Waals surface area contributed by atoms with Crippen molar-refractivity contribution >= 4 is 11.6 Å². The zero-order valence-corrected chi connectivity index (χ0v) is 16.3. The van der Waals surface area contributed by atoms with Gasteiger partial charge in [0, 0.05) is 45.5 Å². The molecule has 0 atom stereocenters. The average molecular weight is 371 g/mol. The Morgan fingerprint density at radius 2 is 1.89 bits per heavy atom. The van der Waals surface area contributed by atoms with Crippen molar-refractivity contribution in [3.63, 3.8) is 0 Å². The molecule has 0 amide bonds. The number of nitrogens with one attached hydrogen (secondary N) is 2. The zero-order chi connectivity index (χ0) is 19.3. The van der Waals surface area contributed by atoms with E-state index in [1.54, 1.807) is 21.3 Å². The maximum absolute atomic E-state index is 5.73. The predicted octanol–water partition coefficient (Wildman–Crippen LogP) is 3.34. The number of hydrogen-bond donors (Lipinski definition) is 2. The van der Waals surface area contributed by atoms with Gasteiger partial charge in [-0.2, -0.15) is 0 Å². The van der Waals surface area contributed by atoms with Gasteiger partial charge in [-0.15, -0.1) is 0 Å². The molecule has 0 aromatic heterocycles. The third kappa shape index (κ3) is 7.19. The highest BCUT2D eigenvalue weighted by Crippen LogP contribution is 2.18. The summed E-state index contributed by atoms with van der Waals surface area (Å²) in [6.45, 7) is 2.07. The molecule has 0 saturated carbocycles. The van der Waals surface area contributed by atoms with Gasteiger partial charge in [0.15, 0.2) is 5.96 Å². The minimum Gasteiger partial charge on any atom is -0.496 e. The fourth-order valence-electron chi connectivity index (χ4n) is 2.60. The van der Waals surface area contributed by atoms with Crippen molar-refractivity contribution in [1.29, 1.82) is 0 Å². The lowest BCUT2D eigenvalue weighted by atomic mass is 10.1. The van der Waals surface area contributed by atoms with E-state index in [4.69, 9.17) is 14.2 Å². The first-order valence-electron chi connectivity index (χ1n) is 9.08. The van der Waals surface area contributed by atoms with Crippen LogP contribution in [0.25, 0.3) is 0 Å². The number of para-hydroxylation sites is 1. The van der Waals surface area contributed by atoms with Crippen LogP contribution >= 0.6 is 0 Å². The molecule has 6 heteroatoms. The van der Waals surface area contributed by atoms with E-state index in [9.17, 15) is 0 Å². The van der Waals surface area contributed by atoms with Gasteiger partial charge in [-0.05, 0) is 30.2 Å². The van der Waals surface area contributed by atoms with Gasteiger partial charge in [0.1, 0.15) is 11.5 Å². The highest BCUT2D eigenvalue weighted by atomic mass is 16.5. The van der Waals surface area contributed by atoms with Gasteiger partial charge in [0.05, 0.1) is 13.7 Å². The number of guanidine groups is 1. The molecule has 2 aromatic rings. The molecular formula is C21H29N3O3. The normalized spacial score (nSPS) is 11.1. The van der Waals surface area contributed by atoms with Crippen LogP contribution < -0.4 is 20.1 Å². The zero-order valence-electron chi connectivity index (χ0n) is 16.3. The first kappa shape index (κ1) is 20.6. The molecule has 0 heterocycles. The Kier molecular flexibility index (Phi) is 9.00. The average Bonchev–Trinajstić information content (AvgIpc) is 2.71. The summed E-state index contributed by atoms with van der Waals surface area (Å²) in [5, 5.41) is 6.61. The summed E-state index contributed by atoms with van der Waals surface area (Å²) in [5.41, 5.74) is 2.08. The van der Waals surface area contributed by atoms with Crippen LogP contribution in [0.3, 0.4) is 0 Å². The molecule has 146 valence electrons. The van der Waals surface area contributed by atoms with Crippen molar-refractivity contribution in [2.24, 2.45) is 4.99 Å². The maximum Gasteiger partial charge on any atom is 0.195 e. The van der Waals surface area contributed by atoms with Crippen LogP contribution in [-0.2, 0) is 11.2 Å². The number of aliphatic imine (C=N–C) groups is 1. The van der Waals surface area contributed by atoms with Crippen molar-refractivity contribution in [3.05, 3.63) is 54.1 Å². The lowest BCUT2D eigenvalue weighted by Crippen LogP contribution is -2.32. The number of ether oxygens (including phenoxy) is 3. The smallest absolute Gasteiger partial charge is 0.195 e. The Balaban J connectivity index is 1.84. The molecule has 27 heavy (non-hydrogen) atoms. The molecule has 0 saturated heterocycles. The van der Waals surface area contributed by atoms with E-state index >= 15 is 0 Å². The van der Waals surface area contributed by atoms with Gasteiger partial charge >= 0.3 is 0 Å². The van der Waals surface area contributed by atoms with Gasteiger partial charge in [0.2, 0.25) is 0 Å². The quantitative estimate of drug-likeness (QED) is 0.381. The van der Waals surface area contributed by atoms with Crippen LogP contribution in [0.2, 0.25) is 0 Å². The van der Waals surface area contributed by atoms with E-state index in [1.165, 1.54) is 0 Å². The van der Waals surface area contributed by atoms with Crippen LogP contribution in [0.4, 0.5) is 5.69 Å². The fraction of sp³-hybridized carbons (Fsp3) is 0.381. The first-order valence-corrected chi connectivity index (χ1v) is 9.08. The molecule has 0 fully saturated rings. The Morgan fingerprint density at radius 1 is 1.04 bits per heavy atom. The Morgan fingerprint density at radius 3 is 2.67 bits per heavy atom. The first-order chi connectivity index (χ1) is 13.3. The van der Waals surface area contributed by atoms with Gasteiger partial charge in [-0.3, -0.25) is 4.99 Å². The highest BCUT2D eigenvalue weighted by molar-refractivity contribution is 5.93. The topological polar surface area (TPSA) is 64.1 Å². The molecule has 0 aliphatic heterocycles. The summed E-state index contributed by atoms with van der Waals surface area (Å²) in [4.78, 5) is 4.28. The molecule has 6 nitrogen and oxygen atoms in total. The summed E-state index contributed by atoms with van der Waals surface area (Å²) in [5.74, 6) is 2.43. The number of rotatable bonds is 10. The lowest BCUT2D eigenvalue weighted by Gasteiger charge is -2.14. The Hall–Kier alpha value is -2.73. The Bertz CT molecular complexity index is 719. The summed E-state index contributed by atoms with van der Waals surface area (Å²) in [6.07, 6.45) is 1.70. The third-order valence-corrected chi connectivity index (χ3v) is 3.96. The summed E-state index contributed by atoms with van der Waals surface area (Å²) >= 11 is 0. The van der Waals surface area contributed by atoms with Crippen LogP contribution in [0, 0.1) is 0 Å². The van der Waals surface area contributed by atoms with Crippen LogP contribution in [0.15, 0.2) is 53.5 Å². The summed E-state index contributed by atoms with van der Waals surface area (Å²) in [6, 6.07) is 15.9. The van der Waals surface area contributed by atoms with Crippen LogP contribution in [-0.4, -0.2) is 47.0 Å². The van der Waals surface area contributed by atoms with Gasteiger partial charge in [-0.1, -0.05) is 24.3 Å². The standard InChI is InChI=1S/C21H29N3O3/c1-22-21(23-13-12-17-8-4-5-11-20(17)26-3)24-18-9-6-10-19(16-18)27-15-7-14-25-2/h4-6,8-11,16H,7,12-15H2,1-3H3,(H2,22,23,24). The molecule has 2 rings (SSSR count). The lowest BCUT2D eigenvalue weighted by molar-refractivity contribution is 0.172. The number of hydrogen-bond acceptors (Lipinski definition) is 4. The second-order valence-electron chi connectivity index (χ2n) is 5.91. The molecule has 0 aliphatic carbocycles. The molecule has 0 unspecified atom stereocenters. The van der Waals surface area contributed by atoms with E-state index in [0.29, 0.717) is 19.2 Å². The second kappa shape index (κ2) is 11.8. The van der Waals surface area contributed by atoms with Gasteiger partial charge in [0.25, 0.3) is 0 Å². The molecule has 0 spiro atoms. The second-order valence-corrected chi connectivity index (χ2v) is 5.91. The van der Waals surface area contributed by atoms with E-state index in [1.807, 2.05) is 42.5 Å². The Labute approximate surface area is 161 Å². The van der Waals surface area contributed by atoms with E-state index in [2.05, 4.69) is 21.7 Å². The molecule has 0 bridgehead atoms. The van der Waals surface area contributed by atoms with Gasteiger partial charge < -0.3 is 24.8 Å². The van der Waals surface area contributed by atoms with Gasteiger partial charge in [-0.25, -0.2) is 0 Å². The molecular weight excluding hydrogens is 342 g/mol. The predicted molar refractivity (Wildman–Crippen MR) is 110 cm³/mol. The molecule has 2 N–H and O–H groups in total. The van der Waals surface area contributed by atoms with Crippen molar-refractivity contribution in [1.82, 2.24) is 5.32 Å². The van der Waals surface area contributed by atoms with Crippen LogP contribution in [0.1, 0.15) is 12.0 Å². The SMILES string of the molecule is CN=C(NCCc1ccccc1OC)Nc1cccc(OCCCOC)c1. The van der Waals surface area contributed by atoms with Crippen molar-refractivity contribution in [3.8, 4) is 11.5 Å². The van der Waals surface area contributed by atoms with Crippen molar-refractivity contribution < 1.29 is 14.2 Å². The number of benzene rings is 2. The minimum atomic E-state index is 0.628. The van der Waals surface area contributed by atoms with Crippen molar-refractivity contribution in [2.45, 2.75) is 12.8 Å². The maximum atomic E-state index is 5.73. The van der Waals surface area contributed by atoms with Crippen molar-refractivity contribution in [2.75, 3.05) is 46.3 Å². The molecule has 0 radical (unpaired) electrons. The fourth-order valence-corrected chi connectivity index (χ4v) is 2.60. The van der Waals surface area contributed by atoms with E-state index < -0.39 is 0 Å². The number of methoxy groups -OCH3 is 2. The van der Waals surface area contributed by atoms with E-state index in [0.717, 1.165) is 42.1 Å². The third-order valence-electron chi connectivity index (χ3n) is 3.96. The largest absolute Gasteiger partial charge is 0.496 e. The molecule has 2 aromatic carbocycles. The summed E-state index contributed by atoms with van der Waals surface area (Å²) in [7, 11) is 5.14. The van der Waals surface area contributed by atoms with Crippen LogP contribution in [0.5, 0.6) is 11.5 Å². The monoisotopic (exact) mass is 371 g/mol. The van der Waals surface area contributed by atoms with E-state index in [-0.39, 0.29) is 0 Å². The minimum absolute atomic E-state index is 0.628. The highest BCUT2D eigenvalue weighted by Gasteiger charge is 2.04.